The van der Waals surface area contributed by atoms with Gasteiger partial charge in [0.1, 0.15) is 5.82 Å². The van der Waals surface area contributed by atoms with E-state index < -0.39 is 0 Å². The Morgan fingerprint density at radius 2 is 2.32 bits per heavy atom. The molecule has 0 aromatic carbocycles. The number of H-pyrrole nitrogens is 1. The molecule has 5 heteroatoms. The Balaban J connectivity index is 1.66. The quantitative estimate of drug-likeness (QED) is 0.884. The van der Waals surface area contributed by atoms with E-state index in [2.05, 4.69) is 19.9 Å². The number of imidazole rings is 1. The summed E-state index contributed by atoms with van der Waals surface area (Å²) in [6.07, 6.45) is 8.14. The maximum absolute atomic E-state index is 5.87. The first kappa shape index (κ1) is 12.1. The van der Waals surface area contributed by atoms with Gasteiger partial charge in [0.05, 0.1) is 17.4 Å². The summed E-state index contributed by atoms with van der Waals surface area (Å²) in [7, 11) is 0. The average Bonchev–Trinajstić information content (AvgIpc) is 2.72. The molecule has 1 aliphatic rings. The minimum Gasteiger partial charge on any atom is -0.387 e. The molecule has 1 aliphatic heterocycles. The summed E-state index contributed by atoms with van der Waals surface area (Å²) in [5, 5.41) is 0. The fourth-order valence-corrected chi connectivity index (χ4v) is 2.58. The van der Waals surface area contributed by atoms with Gasteiger partial charge in [-0.3, -0.25) is 4.99 Å². The highest BCUT2D eigenvalue weighted by atomic mass is 15.0. The van der Waals surface area contributed by atoms with Crippen LogP contribution in [0, 0.1) is 0 Å². The van der Waals surface area contributed by atoms with E-state index in [0.717, 1.165) is 48.5 Å². The van der Waals surface area contributed by atoms with Gasteiger partial charge in [-0.15, -0.1) is 0 Å². The number of aromatic amines is 1. The SMILES string of the molecule is NC1=NC(CCc2nc3ncccc3[nH]2)CCCC1. The first-order valence-electron chi connectivity index (χ1n) is 6.93. The van der Waals surface area contributed by atoms with Gasteiger partial charge in [-0.25, -0.2) is 9.97 Å². The predicted molar refractivity (Wildman–Crippen MR) is 76.1 cm³/mol. The van der Waals surface area contributed by atoms with E-state index >= 15 is 0 Å². The Morgan fingerprint density at radius 3 is 3.21 bits per heavy atom. The van der Waals surface area contributed by atoms with Crippen molar-refractivity contribution >= 4 is 17.0 Å². The van der Waals surface area contributed by atoms with Gasteiger partial charge in [-0.2, -0.15) is 0 Å². The number of pyridine rings is 1. The summed E-state index contributed by atoms with van der Waals surface area (Å²) < 4.78 is 0. The first-order valence-corrected chi connectivity index (χ1v) is 6.93. The number of aryl methyl sites for hydroxylation is 1. The van der Waals surface area contributed by atoms with E-state index in [-0.39, 0.29) is 0 Å². The smallest absolute Gasteiger partial charge is 0.177 e. The van der Waals surface area contributed by atoms with Crippen LogP contribution in [0.5, 0.6) is 0 Å². The average molecular weight is 257 g/mol. The van der Waals surface area contributed by atoms with Crippen molar-refractivity contribution in [1.82, 2.24) is 15.0 Å². The monoisotopic (exact) mass is 257 g/mol. The van der Waals surface area contributed by atoms with E-state index in [9.17, 15) is 0 Å². The van der Waals surface area contributed by atoms with Crippen LogP contribution < -0.4 is 5.73 Å². The number of amidine groups is 1. The number of nitrogens with one attached hydrogen (secondary N) is 1. The van der Waals surface area contributed by atoms with Crippen molar-refractivity contribution in [2.24, 2.45) is 10.7 Å². The van der Waals surface area contributed by atoms with E-state index in [0.29, 0.717) is 6.04 Å². The van der Waals surface area contributed by atoms with Crippen LogP contribution in [-0.2, 0) is 6.42 Å². The fraction of sp³-hybridized carbons (Fsp3) is 0.500. The van der Waals surface area contributed by atoms with Crippen LogP contribution in [-0.4, -0.2) is 26.8 Å². The summed E-state index contributed by atoms with van der Waals surface area (Å²) in [6, 6.07) is 4.27. The highest BCUT2D eigenvalue weighted by Crippen LogP contribution is 2.17. The highest BCUT2D eigenvalue weighted by molar-refractivity contribution is 5.80. The molecule has 3 rings (SSSR count). The Hall–Kier alpha value is -1.91. The van der Waals surface area contributed by atoms with Crippen LogP contribution in [0.3, 0.4) is 0 Å². The van der Waals surface area contributed by atoms with Crippen molar-refractivity contribution in [3.8, 4) is 0 Å². The van der Waals surface area contributed by atoms with Gasteiger partial charge in [0.25, 0.3) is 0 Å². The van der Waals surface area contributed by atoms with Crippen molar-refractivity contribution < 1.29 is 0 Å². The summed E-state index contributed by atoms with van der Waals surface area (Å²) in [5.41, 5.74) is 7.67. The van der Waals surface area contributed by atoms with Crippen LogP contribution in [0.2, 0.25) is 0 Å². The van der Waals surface area contributed by atoms with Gasteiger partial charge in [0.2, 0.25) is 0 Å². The van der Waals surface area contributed by atoms with E-state index in [1.165, 1.54) is 12.8 Å². The second kappa shape index (κ2) is 5.38. The maximum atomic E-state index is 5.87. The molecule has 0 radical (unpaired) electrons. The van der Waals surface area contributed by atoms with Crippen LogP contribution in [0.1, 0.15) is 37.9 Å². The molecule has 1 atom stereocenters. The Labute approximate surface area is 112 Å². The lowest BCUT2D eigenvalue weighted by atomic mass is 10.1. The summed E-state index contributed by atoms with van der Waals surface area (Å²) in [5.74, 6) is 1.81. The normalized spacial score (nSPS) is 20.2. The molecule has 1 unspecified atom stereocenters. The number of fused-ring (bicyclic) bond motifs is 1. The molecule has 19 heavy (non-hydrogen) atoms. The topological polar surface area (TPSA) is 79.9 Å². The van der Waals surface area contributed by atoms with E-state index in [1.807, 2.05) is 12.1 Å². The minimum absolute atomic E-state index is 0.351. The standard InChI is InChI=1S/C14H19N5/c15-12-6-2-1-4-10(17-12)7-8-13-18-11-5-3-9-16-14(11)19-13/h3,5,9-10H,1-2,4,6-8H2,(H2,15,17)(H,16,18,19). The maximum Gasteiger partial charge on any atom is 0.177 e. The molecular formula is C14H19N5. The molecule has 0 amide bonds. The lowest BCUT2D eigenvalue weighted by Gasteiger charge is -2.09. The molecule has 0 saturated carbocycles. The van der Waals surface area contributed by atoms with Crippen molar-refractivity contribution in [2.75, 3.05) is 0 Å². The van der Waals surface area contributed by atoms with Crippen molar-refractivity contribution in [2.45, 2.75) is 44.6 Å². The molecule has 0 spiro atoms. The van der Waals surface area contributed by atoms with Gasteiger partial charge < -0.3 is 10.7 Å². The third-order valence-corrected chi connectivity index (χ3v) is 3.59. The van der Waals surface area contributed by atoms with Gasteiger partial charge >= 0.3 is 0 Å². The summed E-state index contributed by atoms with van der Waals surface area (Å²) >= 11 is 0. The van der Waals surface area contributed by atoms with Gasteiger partial charge in [0.15, 0.2) is 5.65 Å². The molecule has 0 fully saturated rings. The molecule has 2 aromatic rings. The molecule has 0 saturated heterocycles. The lowest BCUT2D eigenvalue weighted by Crippen LogP contribution is -2.14. The van der Waals surface area contributed by atoms with Crippen LogP contribution in [0.15, 0.2) is 23.3 Å². The van der Waals surface area contributed by atoms with Crippen LogP contribution >= 0.6 is 0 Å². The number of aliphatic imine (C=N–C) groups is 1. The molecule has 3 heterocycles. The second-order valence-corrected chi connectivity index (χ2v) is 5.12. The Morgan fingerprint density at radius 1 is 1.37 bits per heavy atom. The van der Waals surface area contributed by atoms with Crippen LogP contribution in [0.4, 0.5) is 0 Å². The molecule has 100 valence electrons. The van der Waals surface area contributed by atoms with Gasteiger partial charge in [-0.1, -0.05) is 6.42 Å². The number of hydrogen-bond acceptors (Lipinski definition) is 4. The highest BCUT2D eigenvalue weighted by Gasteiger charge is 2.13. The Kier molecular flexibility index (Phi) is 3.44. The number of nitrogens with two attached hydrogens (primary N) is 1. The van der Waals surface area contributed by atoms with Crippen molar-refractivity contribution in [3.63, 3.8) is 0 Å². The largest absolute Gasteiger partial charge is 0.387 e. The summed E-state index contributed by atoms with van der Waals surface area (Å²) in [6.45, 7) is 0. The minimum atomic E-state index is 0.351. The fourth-order valence-electron chi connectivity index (χ4n) is 2.58. The zero-order chi connectivity index (χ0) is 13.1. The number of aromatic nitrogens is 3. The molecule has 0 aliphatic carbocycles. The van der Waals surface area contributed by atoms with Crippen molar-refractivity contribution in [1.29, 1.82) is 0 Å². The zero-order valence-corrected chi connectivity index (χ0v) is 11.0. The van der Waals surface area contributed by atoms with E-state index in [1.54, 1.807) is 6.20 Å². The van der Waals surface area contributed by atoms with Gasteiger partial charge in [-0.05, 0) is 31.4 Å². The van der Waals surface area contributed by atoms with E-state index in [4.69, 9.17) is 5.73 Å². The second-order valence-electron chi connectivity index (χ2n) is 5.12. The van der Waals surface area contributed by atoms with Crippen LogP contribution in [0.25, 0.3) is 11.2 Å². The number of nitrogens with zero attached hydrogens (tertiary/aromatic N) is 3. The Bertz CT molecular complexity index is 553. The lowest BCUT2D eigenvalue weighted by molar-refractivity contribution is 0.548. The zero-order valence-electron chi connectivity index (χ0n) is 11.0. The third kappa shape index (κ3) is 2.92. The molecule has 2 aromatic heterocycles. The molecule has 0 bridgehead atoms. The number of rotatable bonds is 3. The molecule has 5 nitrogen and oxygen atoms in total. The third-order valence-electron chi connectivity index (χ3n) is 3.59. The van der Waals surface area contributed by atoms with Gasteiger partial charge in [0, 0.05) is 19.0 Å². The first-order chi connectivity index (χ1) is 9.31. The van der Waals surface area contributed by atoms with Crippen molar-refractivity contribution in [3.05, 3.63) is 24.2 Å². The molecule has 3 N–H and O–H groups in total. The summed E-state index contributed by atoms with van der Waals surface area (Å²) in [4.78, 5) is 16.6. The predicted octanol–water partition coefficient (Wildman–Crippen LogP) is 2.19. The number of hydrogen-bond donors (Lipinski definition) is 2. The molecular weight excluding hydrogens is 238 g/mol.